The van der Waals surface area contributed by atoms with Gasteiger partial charge < -0.3 is 9.84 Å². The third-order valence-electron chi connectivity index (χ3n) is 2.24. The van der Waals surface area contributed by atoms with Gasteiger partial charge in [-0.05, 0) is 20.3 Å². The van der Waals surface area contributed by atoms with Crippen molar-refractivity contribution in [2.24, 2.45) is 0 Å². The highest BCUT2D eigenvalue weighted by atomic mass is 32.2. The minimum absolute atomic E-state index is 0.160. The van der Waals surface area contributed by atoms with Crippen LogP contribution in [0.5, 0.6) is 0 Å². The second-order valence-corrected chi connectivity index (χ2v) is 5.86. The predicted octanol–water partition coefficient (Wildman–Crippen LogP) is 0.721. The van der Waals surface area contributed by atoms with Crippen LogP contribution in [0, 0.1) is 0 Å². The van der Waals surface area contributed by atoms with Crippen LogP contribution in [0.4, 0.5) is 0 Å². The Bertz CT molecular complexity index is 283. The molecule has 2 unspecified atom stereocenters. The van der Waals surface area contributed by atoms with Crippen molar-refractivity contribution in [3.63, 3.8) is 0 Å². The molecule has 0 aliphatic heterocycles. The van der Waals surface area contributed by atoms with Crippen molar-refractivity contribution < 1.29 is 18.3 Å². The molecule has 0 aliphatic carbocycles. The molecule has 84 valence electrons. The average molecular weight is 222 g/mol. The van der Waals surface area contributed by atoms with E-state index < -0.39 is 20.9 Å². The van der Waals surface area contributed by atoms with E-state index in [-0.39, 0.29) is 13.0 Å². The summed E-state index contributed by atoms with van der Waals surface area (Å²) < 4.78 is 26.5. The Balaban J connectivity index is 4.99. The van der Waals surface area contributed by atoms with Crippen molar-refractivity contribution in [2.45, 2.75) is 31.3 Å². The molecule has 0 aromatic rings. The van der Waals surface area contributed by atoms with Gasteiger partial charge >= 0.3 is 0 Å². The highest BCUT2D eigenvalue weighted by molar-refractivity contribution is 7.92. The maximum Gasteiger partial charge on any atom is 0.174 e. The summed E-state index contributed by atoms with van der Waals surface area (Å²) in [6.45, 7) is 6.88. The zero-order chi connectivity index (χ0) is 11.4. The Kier molecular flexibility index (Phi) is 4.77. The first-order valence-electron chi connectivity index (χ1n) is 4.39. The molecule has 0 bridgehead atoms. The summed E-state index contributed by atoms with van der Waals surface area (Å²) >= 11 is 0. The monoisotopic (exact) mass is 222 g/mol. The lowest BCUT2D eigenvalue weighted by atomic mass is 10.1. The molecule has 0 saturated heterocycles. The summed E-state index contributed by atoms with van der Waals surface area (Å²) in [5, 5.41) is 9.59. The molecule has 0 aromatic carbocycles. The van der Waals surface area contributed by atoms with E-state index in [1.54, 1.807) is 6.92 Å². The molecule has 1 N–H and O–H groups in total. The van der Waals surface area contributed by atoms with E-state index in [0.29, 0.717) is 0 Å². The van der Waals surface area contributed by atoms with E-state index in [1.807, 2.05) is 0 Å². The van der Waals surface area contributed by atoms with Gasteiger partial charge in [0.1, 0.15) is 4.75 Å². The van der Waals surface area contributed by atoms with Gasteiger partial charge in [0.25, 0.3) is 0 Å². The number of ether oxygens (including phenoxy) is 1. The lowest BCUT2D eigenvalue weighted by Crippen LogP contribution is -2.47. The fraction of sp³-hybridized carbons (Fsp3) is 0.778. The fourth-order valence-electron chi connectivity index (χ4n) is 1.06. The number of aliphatic hydroxyl groups excluding tert-OH is 1. The Morgan fingerprint density at radius 3 is 2.43 bits per heavy atom. The summed E-state index contributed by atoms with van der Waals surface area (Å²) in [4.78, 5) is 0. The molecule has 4 nitrogen and oxygen atoms in total. The van der Waals surface area contributed by atoms with E-state index in [1.165, 1.54) is 13.0 Å². The van der Waals surface area contributed by atoms with E-state index in [0.717, 1.165) is 6.26 Å². The largest absolute Gasteiger partial charge is 0.367 e. The van der Waals surface area contributed by atoms with Crippen molar-refractivity contribution in [2.75, 3.05) is 12.9 Å². The van der Waals surface area contributed by atoms with E-state index in [2.05, 4.69) is 6.58 Å². The molecule has 2 atom stereocenters. The van der Waals surface area contributed by atoms with E-state index >= 15 is 0 Å². The van der Waals surface area contributed by atoms with Gasteiger partial charge in [-0.2, -0.15) is 0 Å². The van der Waals surface area contributed by atoms with Gasteiger partial charge in [0.2, 0.25) is 0 Å². The number of sulfone groups is 1. The van der Waals surface area contributed by atoms with Crippen LogP contribution >= 0.6 is 0 Å². The maximum atomic E-state index is 11.5. The van der Waals surface area contributed by atoms with Crippen LogP contribution < -0.4 is 0 Å². The maximum absolute atomic E-state index is 11.5. The average Bonchev–Trinajstić information content (AvgIpc) is 2.03. The smallest absolute Gasteiger partial charge is 0.174 e. The van der Waals surface area contributed by atoms with Crippen molar-refractivity contribution in [1.29, 1.82) is 0 Å². The van der Waals surface area contributed by atoms with Crippen molar-refractivity contribution in [3.05, 3.63) is 12.7 Å². The fourth-order valence-corrected chi connectivity index (χ4v) is 1.91. The Hall–Kier alpha value is -0.390. The minimum atomic E-state index is -3.39. The predicted molar refractivity (Wildman–Crippen MR) is 55.7 cm³/mol. The Labute approximate surface area is 85.5 Å². The first kappa shape index (κ1) is 13.6. The van der Waals surface area contributed by atoms with Crippen LogP contribution in [0.25, 0.3) is 0 Å². The molecule has 0 radical (unpaired) electrons. The molecule has 0 heterocycles. The van der Waals surface area contributed by atoms with Gasteiger partial charge in [-0.3, -0.25) is 0 Å². The SMILES string of the molecule is C=CCC(C)(C(O)OCC)S(C)(=O)=O. The number of hydrogen-bond donors (Lipinski definition) is 1. The first-order valence-corrected chi connectivity index (χ1v) is 6.29. The summed E-state index contributed by atoms with van der Waals surface area (Å²) in [6, 6.07) is 0. The van der Waals surface area contributed by atoms with Gasteiger partial charge in [0, 0.05) is 12.9 Å². The molecule has 0 rings (SSSR count). The van der Waals surface area contributed by atoms with Gasteiger partial charge in [-0.1, -0.05) is 6.08 Å². The standard InChI is InChI=1S/C9H18O4S/c1-5-7-9(3,14(4,11)12)8(10)13-6-2/h5,8,10H,1,6-7H2,2-4H3. The van der Waals surface area contributed by atoms with Crippen LogP contribution in [0.15, 0.2) is 12.7 Å². The molecule has 0 aliphatic rings. The first-order chi connectivity index (χ1) is 6.29. The lowest BCUT2D eigenvalue weighted by Gasteiger charge is -2.31. The Morgan fingerprint density at radius 1 is 1.64 bits per heavy atom. The van der Waals surface area contributed by atoms with Crippen LogP contribution in [0.3, 0.4) is 0 Å². The lowest BCUT2D eigenvalue weighted by molar-refractivity contribution is -0.116. The molecular weight excluding hydrogens is 204 g/mol. The number of allylic oxidation sites excluding steroid dienone is 1. The summed E-state index contributed by atoms with van der Waals surface area (Å²) in [6.07, 6.45) is 1.38. The molecule has 0 amide bonds. The molecule has 0 aromatic heterocycles. The quantitative estimate of drug-likeness (QED) is 0.531. The second kappa shape index (κ2) is 4.91. The highest BCUT2D eigenvalue weighted by Crippen LogP contribution is 2.26. The molecule has 5 heteroatoms. The number of hydrogen-bond acceptors (Lipinski definition) is 4. The third-order valence-corrected chi connectivity index (χ3v) is 4.31. The summed E-state index contributed by atoms with van der Waals surface area (Å²) in [7, 11) is -3.39. The van der Waals surface area contributed by atoms with E-state index in [9.17, 15) is 13.5 Å². The van der Waals surface area contributed by atoms with Gasteiger partial charge in [0.05, 0.1) is 0 Å². The van der Waals surface area contributed by atoms with Gasteiger partial charge in [0.15, 0.2) is 16.1 Å². The van der Waals surface area contributed by atoms with Gasteiger partial charge in [-0.25, -0.2) is 8.42 Å². The number of rotatable bonds is 6. The molecule has 0 fully saturated rings. The van der Waals surface area contributed by atoms with Crippen molar-refractivity contribution in [1.82, 2.24) is 0 Å². The topological polar surface area (TPSA) is 63.6 Å². The molecule has 0 saturated carbocycles. The van der Waals surface area contributed by atoms with Crippen LogP contribution in [-0.4, -0.2) is 37.4 Å². The summed E-state index contributed by atoms with van der Waals surface area (Å²) in [5.74, 6) is 0. The zero-order valence-corrected chi connectivity index (χ0v) is 9.67. The second-order valence-electron chi connectivity index (χ2n) is 3.39. The third kappa shape index (κ3) is 2.80. The van der Waals surface area contributed by atoms with Crippen LogP contribution in [0.2, 0.25) is 0 Å². The van der Waals surface area contributed by atoms with Crippen LogP contribution in [0.1, 0.15) is 20.3 Å². The minimum Gasteiger partial charge on any atom is -0.367 e. The highest BCUT2D eigenvalue weighted by Gasteiger charge is 2.42. The van der Waals surface area contributed by atoms with Crippen molar-refractivity contribution in [3.8, 4) is 0 Å². The molecule has 14 heavy (non-hydrogen) atoms. The van der Waals surface area contributed by atoms with Crippen molar-refractivity contribution >= 4 is 9.84 Å². The molecule has 0 spiro atoms. The van der Waals surface area contributed by atoms with E-state index in [4.69, 9.17) is 4.74 Å². The Morgan fingerprint density at radius 2 is 2.14 bits per heavy atom. The summed E-state index contributed by atoms with van der Waals surface area (Å²) in [5.41, 5.74) is 0. The van der Waals surface area contributed by atoms with Gasteiger partial charge in [-0.15, -0.1) is 6.58 Å². The zero-order valence-electron chi connectivity index (χ0n) is 8.86. The number of aliphatic hydroxyl groups is 1. The van der Waals surface area contributed by atoms with Crippen LogP contribution in [-0.2, 0) is 14.6 Å². The molecular formula is C9H18O4S. The normalized spacial score (nSPS) is 18.6.